The number of benzene rings is 2. The Labute approximate surface area is 192 Å². The monoisotopic (exact) mass is 449 g/mol. The van der Waals surface area contributed by atoms with E-state index >= 15 is 0 Å². The number of aromatic nitrogens is 2. The fourth-order valence-corrected chi connectivity index (χ4v) is 4.81. The molecule has 32 heavy (non-hydrogen) atoms. The van der Waals surface area contributed by atoms with Crippen LogP contribution in [0.3, 0.4) is 0 Å². The maximum atomic E-state index is 13.2. The van der Waals surface area contributed by atoms with Gasteiger partial charge in [-0.15, -0.1) is 0 Å². The molecule has 1 aliphatic heterocycles. The molecule has 1 aromatic heterocycles. The Morgan fingerprint density at radius 3 is 2.59 bits per heavy atom. The molecule has 0 unspecified atom stereocenters. The predicted molar refractivity (Wildman–Crippen MR) is 128 cm³/mol. The number of carbonyl (C=O) groups is 1. The summed E-state index contributed by atoms with van der Waals surface area (Å²) in [5.41, 5.74) is 3.37. The van der Waals surface area contributed by atoms with Crippen molar-refractivity contribution in [3.63, 3.8) is 0 Å². The second kappa shape index (κ2) is 9.20. The summed E-state index contributed by atoms with van der Waals surface area (Å²) in [6.45, 7) is 5.96. The normalized spacial score (nSPS) is 15.4. The molecule has 3 aromatic rings. The van der Waals surface area contributed by atoms with E-state index in [1.165, 1.54) is 17.3 Å². The molecule has 0 saturated carbocycles. The maximum Gasteiger partial charge on any atom is 0.279 e. The molecular formula is C25H27N3O3S. The lowest BCUT2D eigenvalue weighted by Crippen LogP contribution is -2.33. The number of carbonyl (C=O) groups excluding carboxylic acids is 1. The molecule has 2 aromatic carbocycles. The summed E-state index contributed by atoms with van der Waals surface area (Å²) in [5.74, 6) is 1.35. The first-order valence-electron chi connectivity index (χ1n) is 10.7. The molecule has 4 rings (SSSR count). The van der Waals surface area contributed by atoms with Crippen molar-refractivity contribution in [2.45, 2.75) is 50.1 Å². The predicted octanol–water partition coefficient (Wildman–Crippen LogP) is 4.64. The lowest BCUT2D eigenvalue weighted by Gasteiger charge is -2.28. The van der Waals surface area contributed by atoms with Gasteiger partial charge < -0.3 is 14.6 Å². The van der Waals surface area contributed by atoms with Gasteiger partial charge in [-0.25, -0.2) is 0 Å². The minimum absolute atomic E-state index is 0.0189. The van der Waals surface area contributed by atoms with Gasteiger partial charge in [0.05, 0.1) is 11.7 Å². The van der Waals surface area contributed by atoms with Gasteiger partial charge in [0.15, 0.2) is 5.16 Å². The molecule has 0 bridgehead atoms. The van der Waals surface area contributed by atoms with Crippen LogP contribution in [0.5, 0.6) is 5.75 Å². The Hall–Kier alpha value is -3.06. The molecule has 6 nitrogen and oxygen atoms in total. The molecular weight excluding hydrogens is 422 g/mol. The van der Waals surface area contributed by atoms with Crippen molar-refractivity contribution in [2.75, 3.05) is 5.32 Å². The van der Waals surface area contributed by atoms with Crippen LogP contribution >= 0.6 is 11.8 Å². The quantitative estimate of drug-likeness (QED) is 0.438. The van der Waals surface area contributed by atoms with Gasteiger partial charge in [-0.05, 0) is 32.4 Å². The Balaban J connectivity index is 1.72. The smallest absolute Gasteiger partial charge is 0.279 e. The first-order valence-corrected chi connectivity index (χ1v) is 11.7. The topological polar surface area (TPSA) is 73.2 Å². The highest BCUT2D eigenvalue weighted by molar-refractivity contribution is 7.98. The Morgan fingerprint density at radius 2 is 1.88 bits per heavy atom. The van der Waals surface area contributed by atoms with Crippen LogP contribution in [-0.4, -0.2) is 21.6 Å². The third-order valence-corrected chi connectivity index (χ3v) is 6.55. The van der Waals surface area contributed by atoms with Gasteiger partial charge in [-0.3, -0.25) is 9.59 Å². The van der Waals surface area contributed by atoms with Crippen LogP contribution in [0, 0.1) is 6.92 Å². The van der Waals surface area contributed by atoms with E-state index < -0.39 is 5.92 Å². The molecule has 166 valence electrons. The molecule has 1 amide bonds. The molecule has 0 saturated heterocycles. The van der Waals surface area contributed by atoms with Gasteiger partial charge in [-0.2, -0.15) is 4.98 Å². The molecule has 0 spiro atoms. The number of nitrogens with one attached hydrogen (secondary N) is 1. The van der Waals surface area contributed by atoms with Crippen LogP contribution in [0.4, 0.5) is 5.82 Å². The number of ether oxygens (including phenoxy) is 1. The molecule has 0 fully saturated rings. The molecule has 1 aliphatic rings. The standard InChI is InChI=1S/C25H27N3O3S/c1-15(2)31-20-8-6-5-7-18(20)19-13-21(29)26-23-22(19)24(30)27-25(28(23)4)32-14-17-11-9-16(3)10-12-17/h5-12,15,19H,13-14H2,1-4H3,(H,26,29)/t19-/m1/s1. The van der Waals surface area contributed by atoms with E-state index in [9.17, 15) is 9.59 Å². The average molecular weight is 450 g/mol. The number of amides is 1. The Morgan fingerprint density at radius 1 is 1.16 bits per heavy atom. The fourth-order valence-electron chi connectivity index (χ4n) is 3.89. The van der Waals surface area contributed by atoms with Crippen LogP contribution in [0.1, 0.15) is 48.4 Å². The summed E-state index contributed by atoms with van der Waals surface area (Å²) < 4.78 is 7.78. The second-order valence-electron chi connectivity index (χ2n) is 8.30. The fraction of sp³-hybridized carbons (Fsp3) is 0.320. The SMILES string of the molecule is Cc1ccc(CSc2nc(=O)c3c(n2C)NC(=O)C[C@@H]3c2ccccc2OC(C)C)cc1. The lowest BCUT2D eigenvalue weighted by molar-refractivity contribution is -0.116. The number of anilines is 1. The highest BCUT2D eigenvalue weighted by atomic mass is 32.2. The number of para-hydroxylation sites is 1. The summed E-state index contributed by atoms with van der Waals surface area (Å²) in [5, 5.41) is 3.48. The van der Waals surface area contributed by atoms with Crippen LogP contribution in [0.2, 0.25) is 0 Å². The van der Waals surface area contributed by atoms with Crippen molar-refractivity contribution in [3.05, 3.63) is 81.1 Å². The van der Waals surface area contributed by atoms with Gasteiger partial charge in [0.1, 0.15) is 11.6 Å². The molecule has 2 heterocycles. The van der Waals surface area contributed by atoms with Gasteiger partial charge in [0.25, 0.3) is 5.56 Å². The largest absolute Gasteiger partial charge is 0.491 e. The van der Waals surface area contributed by atoms with Crippen molar-refractivity contribution in [1.82, 2.24) is 9.55 Å². The third-order valence-electron chi connectivity index (χ3n) is 5.45. The van der Waals surface area contributed by atoms with E-state index in [0.717, 1.165) is 11.1 Å². The van der Waals surface area contributed by atoms with Gasteiger partial charge in [-0.1, -0.05) is 59.8 Å². The third kappa shape index (κ3) is 4.58. The summed E-state index contributed by atoms with van der Waals surface area (Å²) in [4.78, 5) is 30.2. The zero-order valence-corrected chi connectivity index (χ0v) is 19.5. The van der Waals surface area contributed by atoms with E-state index in [1.54, 1.807) is 0 Å². The van der Waals surface area contributed by atoms with Crippen LogP contribution in [0.15, 0.2) is 58.5 Å². The van der Waals surface area contributed by atoms with Gasteiger partial charge in [0.2, 0.25) is 5.91 Å². The minimum atomic E-state index is -0.406. The first kappa shape index (κ1) is 22.1. The van der Waals surface area contributed by atoms with Crippen LogP contribution in [-0.2, 0) is 17.6 Å². The second-order valence-corrected chi connectivity index (χ2v) is 9.25. The van der Waals surface area contributed by atoms with Crippen LogP contribution < -0.4 is 15.6 Å². The first-order chi connectivity index (χ1) is 15.3. The summed E-state index contributed by atoms with van der Waals surface area (Å²) in [6.07, 6.45) is 0.160. The number of thioether (sulfide) groups is 1. The molecule has 0 aliphatic carbocycles. The van der Waals surface area contributed by atoms with Crippen molar-refractivity contribution >= 4 is 23.5 Å². The van der Waals surface area contributed by atoms with Crippen LogP contribution in [0.25, 0.3) is 0 Å². The van der Waals surface area contributed by atoms with E-state index in [-0.39, 0.29) is 24.0 Å². The van der Waals surface area contributed by atoms with E-state index in [2.05, 4.69) is 41.5 Å². The maximum absolute atomic E-state index is 13.2. The Bertz CT molecular complexity index is 1200. The number of rotatable bonds is 6. The van der Waals surface area contributed by atoms with Gasteiger partial charge >= 0.3 is 0 Å². The number of nitrogens with zero attached hydrogens (tertiary/aromatic N) is 2. The lowest BCUT2D eigenvalue weighted by atomic mass is 9.86. The van der Waals surface area contributed by atoms with E-state index in [0.29, 0.717) is 28.0 Å². The van der Waals surface area contributed by atoms with E-state index in [1.807, 2.05) is 49.7 Å². The number of fused-ring (bicyclic) bond motifs is 1. The summed E-state index contributed by atoms with van der Waals surface area (Å²) >= 11 is 1.48. The highest BCUT2D eigenvalue weighted by Crippen LogP contribution is 2.39. The molecule has 1 atom stereocenters. The molecule has 7 heteroatoms. The highest BCUT2D eigenvalue weighted by Gasteiger charge is 2.33. The summed E-state index contributed by atoms with van der Waals surface area (Å²) in [7, 11) is 1.84. The average Bonchev–Trinajstić information content (AvgIpc) is 2.75. The van der Waals surface area contributed by atoms with Crippen molar-refractivity contribution < 1.29 is 9.53 Å². The number of hydrogen-bond acceptors (Lipinski definition) is 5. The zero-order valence-electron chi connectivity index (χ0n) is 18.7. The van der Waals surface area contributed by atoms with Gasteiger partial charge in [0, 0.05) is 30.7 Å². The minimum Gasteiger partial charge on any atom is -0.491 e. The summed E-state index contributed by atoms with van der Waals surface area (Å²) in [6, 6.07) is 15.9. The van der Waals surface area contributed by atoms with Crippen molar-refractivity contribution in [1.29, 1.82) is 0 Å². The van der Waals surface area contributed by atoms with E-state index in [4.69, 9.17) is 4.74 Å². The molecule has 0 radical (unpaired) electrons. The number of aryl methyl sites for hydroxylation is 1. The van der Waals surface area contributed by atoms with Crippen molar-refractivity contribution in [2.24, 2.45) is 7.05 Å². The number of hydrogen-bond donors (Lipinski definition) is 1. The molecule has 1 N–H and O–H groups in total. The van der Waals surface area contributed by atoms with Crippen molar-refractivity contribution in [3.8, 4) is 5.75 Å². The Kier molecular flexibility index (Phi) is 6.37. The zero-order chi connectivity index (χ0) is 22.8.